The molecule has 3 N–H and O–H groups in total. The molecule has 8 heteroatoms. The second-order valence-electron chi connectivity index (χ2n) is 10.1. The molecule has 0 aromatic carbocycles. The molecule has 0 spiro atoms. The van der Waals surface area contributed by atoms with E-state index in [-0.39, 0.29) is 29.4 Å². The second-order valence-corrected chi connectivity index (χ2v) is 10.1. The molecule has 1 rings (SSSR count). The van der Waals surface area contributed by atoms with Crippen molar-refractivity contribution >= 4 is 23.5 Å². The first-order chi connectivity index (χ1) is 14.2. The molecular weight excluding hydrogens is 398 g/mol. The topological polar surface area (TPSA) is 117 Å². The van der Waals surface area contributed by atoms with Gasteiger partial charge in [0.2, 0.25) is 17.7 Å². The molecule has 4 unspecified atom stereocenters. The maximum atomic E-state index is 13.1. The van der Waals surface area contributed by atoms with Crippen molar-refractivity contribution in [3.05, 3.63) is 0 Å². The molecule has 0 bridgehead atoms. The fourth-order valence-corrected chi connectivity index (χ4v) is 3.52. The summed E-state index contributed by atoms with van der Waals surface area (Å²) in [5.74, 6) is -0.697. The van der Waals surface area contributed by atoms with Crippen LogP contribution in [0.3, 0.4) is 0 Å². The standard InChI is InChI=1S/C23H41N3O5/c1-13(2)9-17(20(28)23(8)12-31-23)25-22(30)19(11-15(5)6)26-21(29)18(10-14(3)4)24-16(7)27/h13-15,17-19H,9-12H2,1-8H3,(H,24,27)(H,25,30)(H,26,29). The number of carbonyl (C=O) groups is 4. The van der Waals surface area contributed by atoms with Gasteiger partial charge < -0.3 is 20.7 Å². The van der Waals surface area contributed by atoms with E-state index in [4.69, 9.17) is 4.74 Å². The summed E-state index contributed by atoms with van der Waals surface area (Å²) in [4.78, 5) is 50.4. The number of ether oxygens (including phenoxy) is 1. The van der Waals surface area contributed by atoms with Gasteiger partial charge in [-0.15, -0.1) is 0 Å². The van der Waals surface area contributed by atoms with E-state index in [0.29, 0.717) is 25.9 Å². The van der Waals surface area contributed by atoms with E-state index in [9.17, 15) is 19.2 Å². The van der Waals surface area contributed by atoms with Crippen molar-refractivity contribution in [2.24, 2.45) is 17.8 Å². The number of ketones is 1. The highest BCUT2D eigenvalue weighted by Crippen LogP contribution is 2.29. The Bertz CT molecular complexity index is 656. The van der Waals surface area contributed by atoms with Crippen molar-refractivity contribution < 1.29 is 23.9 Å². The molecule has 0 aliphatic carbocycles. The van der Waals surface area contributed by atoms with Gasteiger partial charge in [0, 0.05) is 6.92 Å². The zero-order chi connectivity index (χ0) is 23.9. The summed E-state index contributed by atoms with van der Waals surface area (Å²) in [6.07, 6.45) is 1.38. The van der Waals surface area contributed by atoms with Gasteiger partial charge in [0.1, 0.15) is 17.7 Å². The van der Waals surface area contributed by atoms with E-state index < -0.39 is 35.5 Å². The normalized spacial score (nSPS) is 20.9. The largest absolute Gasteiger partial charge is 0.361 e. The third kappa shape index (κ3) is 9.37. The quantitative estimate of drug-likeness (QED) is 0.379. The molecule has 1 aliphatic heterocycles. The molecule has 1 saturated heterocycles. The summed E-state index contributed by atoms with van der Waals surface area (Å²) in [5.41, 5.74) is -0.836. The number of epoxide rings is 1. The first-order valence-electron chi connectivity index (χ1n) is 11.3. The minimum atomic E-state index is -0.836. The van der Waals surface area contributed by atoms with Crippen LogP contribution in [0.2, 0.25) is 0 Å². The minimum Gasteiger partial charge on any atom is -0.361 e. The maximum Gasteiger partial charge on any atom is 0.243 e. The summed E-state index contributed by atoms with van der Waals surface area (Å²) in [7, 11) is 0. The second kappa shape index (κ2) is 11.6. The molecule has 0 aromatic heterocycles. The van der Waals surface area contributed by atoms with Gasteiger partial charge in [-0.25, -0.2) is 0 Å². The predicted octanol–water partition coefficient (Wildman–Crippen LogP) is 1.96. The molecular formula is C23H41N3O5. The zero-order valence-electron chi connectivity index (χ0n) is 20.3. The molecule has 0 aromatic rings. The Morgan fingerprint density at radius 2 is 1.10 bits per heavy atom. The number of nitrogens with one attached hydrogen (secondary N) is 3. The van der Waals surface area contributed by atoms with Crippen LogP contribution >= 0.6 is 0 Å². The Morgan fingerprint density at radius 3 is 1.45 bits per heavy atom. The Balaban J connectivity index is 2.96. The van der Waals surface area contributed by atoms with Crippen molar-refractivity contribution in [3.8, 4) is 0 Å². The monoisotopic (exact) mass is 439 g/mol. The molecule has 1 heterocycles. The van der Waals surface area contributed by atoms with E-state index >= 15 is 0 Å². The van der Waals surface area contributed by atoms with Crippen molar-refractivity contribution in [3.63, 3.8) is 0 Å². The number of amides is 3. The first-order valence-corrected chi connectivity index (χ1v) is 11.3. The van der Waals surface area contributed by atoms with Crippen molar-refractivity contribution in [2.45, 2.75) is 98.4 Å². The predicted molar refractivity (Wildman–Crippen MR) is 119 cm³/mol. The molecule has 1 fully saturated rings. The molecule has 4 atom stereocenters. The van der Waals surface area contributed by atoms with Gasteiger partial charge in [0.05, 0.1) is 12.6 Å². The summed E-state index contributed by atoms with van der Waals surface area (Å²) in [5, 5.41) is 8.33. The van der Waals surface area contributed by atoms with Crippen LogP contribution in [-0.4, -0.2) is 53.8 Å². The van der Waals surface area contributed by atoms with Crippen molar-refractivity contribution in [2.75, 3.05) is 6.61 Å². The number of hydrogen-bond acceptors (Lipinski definition) is 5. The number of carbonyl (C=O) groups excluding carboxylic acids is 4. The van der Waals surface area contributed by atoms with Crippen LogP contribution in [0, 0.1) is 17.8 Å². The Hall–Kier alpha value is -1.96. The summed E-state index contributed by atoms with van der Waals surface area (Å²) in [6.45, 7) is 15.3. The van der Waals surface area contributed by atoms with Crippen LogP contribution in [-0.2, 0) is 23.9 Å². The molecule has 3 amide bonds. The minimum absolute atomic E-state index is 0.139. The zero-order valence-corrected chi connectivity index (χ0v) is 20.3. The highest BCUT2D eigenvalue weighted by atomic mass is 16.6. The van der Waals surface area contributed by atoms with Crippen molar-refractivity contribution in [1.82, 2.24) is 16.0 Å². The highest BCUT2D eigenvalue weighted by Gasteiger charge is 2.50. The Morgan fingerprint density at radius 1 is 0.742 bits per heavy atom. The van der Waals surface area contributed by atoms with Crippen LogP contribution < -0.4 is 16.0 Å². The van der Waals surface area contributed by atoms with E-state index in [2.05, 4.69) is 16.0 Å². The van der Waals surface area contributed by atoms with Crippen LogP contribution in [0.5, 0.6) is 0 Å². The average molecular weight is 440 g/mol. The van der Waals surface area contributed by atoms with Crippen LogP contribution in [0.25, 0.3) is 0 Å². The van der Waals surface area contributed by atoms with Gasteiger partial charge >= 0.3 is 0 Å². The number of hydrogen-bond donors (Lipinski definition) is 3. The van der Waals surface area contributed by atoms with E-state index in [1.807, 2.05) is 41.5 Å². The van der Waals surface area contributed by atoms with Gasteiger partial charge in [0.15, 0.2) is 5.78 Å². The van der Waals surface area contributed by atoms with E-state index in [1.54, 1.807) is 6.92 Å². The Labute approximate surface area is 186 Å². The van der Waals surface area contributed by atoms with Gasteiger partial charge in [-0.05, 0) is 43.9 Å². The molecule has 0 saturated carbocycles. The molecule has 8 nitrogen and oxygen atoms in total. The molecule has 178 valence electrons. The van der Waals surface area contributed by atoms with Crippen LogP contribution in [0.1, 0.15) is 74.7 Å². The van der Waals surface area contributed by atoms with Crippen LogP contribution in [0.4, 0.5) is 0 Å². The lowest BCUT2D eigenvalue weighted by Crippen LogP contribution is -2.57. The number of Topliss-reactive ketones (excluding diaryl/α,β-unsaturated/α-hetero) is 1. The fourth-order valence-electron chi connectivity index (χ4n) is 3.52. The van der Waals surface area contributed by atoms with Gasteiger partial charge in [-0.3, -0.25) is 19.2 Å². The summed E-state index contributed by atoms with van der Waals surface area (Å²) < 4.78 is 5.29. The summed E-state index contributed by atoms with van der Waals surface area (Å²) >= 11 is 0. The van der Waals surface area contributed by atoms with E-state index in [1.165, 1.54) is 6.92 Å². The molecule has 31 heavy (non-hydrogen) atoms. The fraction of sp³-hybridized carbons (Fsp3) is 0.826. The highest BCUT2D eigenvalue weighted by molar-refractivity contribution is 5.98. The lowest BCUT2D eigenvalue weighted by Gasteiger charge is -2.27. The van der Waals surface area contributed by atoms with Gasteiger partial charge in [-0.2, -0.15) is 0 Å². The Kier molecular flexibility index (Phi) is 10.1. The molecule has 0 radical (unpaired) electrons. The average Bonchev–Trinajstić information content (AvgIpc) is 3.36. The smallest absolute Gasteiger partial charge is 0.243 e. The summed E-state index contributed by atoms with van der Waals surface area (Å²) in [6, 6.07) is -2.19. The third-order valence-corrected chi connectivity index (χ3v) is 5.18. The van der Waals surface area contributed by atoms with Crippen molar-refractivity contribution in [1.29, 1.82) is 0 Å². The number of rotatable bonds is 13. The SMILES string of the molecule is CC(=O)NC(CC(C)C)C(=O)NC(CC(C)C)C(=O)NC(CC(C)C)C(=O)C1(C)CO1. The van der Waals surface area contributed by atoms with Crippen LogP contribution in [0.15, 0.2) is 0 Å². The lowest BCUT2D eigenvalue weighted by molar-refractivity contribution is -0.134. The molecule has 1 aliphatic rings. The van der Waals surface area contributed by atoms with E-state index in [0.717, 1.165) is 0 Å². The van der Waals surface area contributed by atoms with Gasteiger partial charge in [-0.1, -0.05) is 41.5 Å². The first kappa shape index (κ1) is 27.1. The lowest BCUT2D eigenvalue weighted by atomic mass is 9.92. The van der Waals surface area contributed by atoms with Gasteiger partial charge in [0.25, 0.3) is 0 Å². The third-order valence-electron chi connectivity index (χ3n) is 5.18. The maximum absolute atomic E-state index is 13.1.